The minimum atomic E-state index is -2.01. The van der Waals surface area contributed by atoms with E-state index in [-0.39, 0.29) is 18.7 Å². The molecule has 0 radical (unpaired) electrons. The zero-order valence-corrected chi connectivity index (χ0v) is 33.8. The average Bonchev–Trinajstić information content (AvgIpc) is 2.90. The van der Waals surface area contributed by atoms with Crippen molar-refractivity contribution in [2.45, 2.75) is 199 Å². The van der Waals surface area contributed by atoms with Gasteiger partial charge in [-0.15, -0.1) is 0 Å². The van der Waals surface area contributed by atoms with Crippen molar-refractivity contribution in [3.05, 3.63) is 0 Å². The summed E-state index contributed by atoms with van der Waals surface area (Å²) in [7, 11) is -4.32. The summed E-state index contributed by atoms with van der Waals surface area (Å²) in [6.45, 7) is 21.9. The molecule has 0 aliphatic carbocycles. The molecule has 0 spiro atoms. The van der Waals surface area contributed by atoms with Gasteiger partial charge in [-0.1, -0.05) is 96.8 Å². The summed E-state index contributed by atoms with van der Waals surface area (Å²) in [5.74, 6) is -0.174. The van der Waals surface area contributed by atoms with E-state index in [0.717, 1.165) is 12.8 Å². The predicted octanol–water partition coefficient (Wildman–Crippen LogP) is 9.82. The van der Waals surface area contributed by atoms with Crippen LogP contribution in [0.1, 0.15) is 110 Å². The van der Waals surface area contributed by atoms with Gasteiger partial charge in [0.1, 0.15) is 31.0 Å². The minimum absolute atomic E-state index is 0.123. The highest BCUT2D eigenvalue weighted by atomic mass is 28.4. The summed E-state index contributed by atoms with van der Waals surface area (Å²) in [6.07, 6.45) is 17.7. The molecule has 0 amide bonds. The van der Waals surface area contributed by atoms with Crippen molar-refractivity contribution in [1.82, 2.24) is 0 Å². The van der Waals surface area contributed by atoms with Crippen LogP contribution in [0.15, 0.2) is 0 Å². The molecule has 0 aromatic carbocycles. The van der Waals surface area contributed by atoms with Crippen LogP contribution in [-0.2, 0) is 32.3 Å². The average molecular weight is 677 g/mol. The molecule has 0 saturated carbocycles. The van der Waals surface area contributed by atoms with Crippen molar-refractivity contribution in [1.29, 1.82) is 0 Å². The Morgan fingerprint density at radius 3 is 1.36 bits per heavy atom. The third-order valence-corrected chi connectivity index (χ3v) is 10.6. The second-order valence-corrected chi connectivity index (χ2v) is 29.1. The van der Waals surface area contributed by atoms with Crippen molar-refractivity contribution >= 4 is 30.9 Å². The first-order valence-corrected chi connectivity index (χ1v) is 28.2. The highest BCUT2D eigenvalue weighted by Crippen LogP contribution is 2.34. The fourth-order valence-corrected chi connectivity index (χ4v) is 8.97. The maximum atomic E-state index is 12.7. The molecule has 262 valence electrons. The Morgan fingerprint density at radius 1 is 0.568 bits per heavy atom. The first-order valence-electron chi connectivity index (χ1n) is 17.9. The lowest BCUT2D eigenvalue weighted by atomic mass is 9.99. The minimum Gasteiger partial charge on any atom is -0.463 e. The molecular formula is C34H72O7Si3. The van der Waals surface area contributed by atoms with Crippen LogP contribution in [0.2, 0.25) is 58.9 Å². The van der Waals surface area contributed by atoms with Crippen LogP contribution in [0.25, 0.3) is 0 Å². The van der Waals surface area contributed by atoms with Crippen molar-refractivity contribution in [2.75, 3.05) is 13.7 Å². The molecule has 7 nitrogen and oxygen atoms in total. The quantitative estimate of drug-likeness (QED) is 0.0541. The van der Waals surface area contributed by atoms with E-state index in [1.807, 2.05) is 0 Å². The van der Waals surface area contributed by atoms with Gasteiger partial charge in [0.05, 0.1) is 0 Å². The monoisotopic (exact) mass is 676 g/mol. The lowest BCUT2D eigenvalue weighted by molar-refractivity contribution is -0.285. The summed E-state index contributed by atoms with van der Waals surface area (Å²) in [5.41, 5.74) is 0. The molecule has 44 heavy (non-hydrogen) atoms. The van der Waals surface area contributed by atoms with Crippen molar-refractivity contribution in [2.24, 2.45) is 0 Å². The van der Waals surface area contributed by atoms with Gasteiger partial charge in [0, 0.05) is 13.5 Å². The van der Waals surface area contributed by atoms with Gasteiger partial charge < -0.3 is 27.5 Å². The van der Waals surface area contributed by atoms with Gasteiger partial charge in [-0.25, -0.2) is 0 Å². The fourth-order valence-electron chi connectivity index (χ4n) is 5.72. The number of carbonyl (C=O) groups is 1. The van der Waals surface area contributed by atoms with Crippen LogP contribution < -0.4 is 0 Å². The van der Waals surface area contributed by atoms with Crippen molar-refractivity contribution < 1.29 is 32.3 Å². The third kappa shape index (κ3) is 20.2. The number of rotatable bonds is 25. The van der Waals surface area contributed by atoms with E-state index >= 15 is 0 Å². The molecular weight excluding hydrogens is 605 g/mol. The Balaban J connectivity index is 2.51. The normalized spacial score (nSPS) is 23.2. The molecule has 1 aliphatic heterocycles. The van der Waals surface area contributed by atoms with Crippen LogP contribution in [0.3, 0.4) is 0 Å². The first-order chi connectivity index (χ1) is 20.6. The summed E-state index contributed by atoms with van der Waals surface area (Å²) in [4.78, 5) is 12.7. The Bertz CT molecular complexity index is 749. The Hall–Kier alpha value is -0.0794. The highest BCUT2D eigenvalue weighted by molar-refractivity contribution is 6.70. The van der Waals surface area contributed by atoms with Crippen LogP contribution in [-0.4, -0.2) is 75.3 Å². The topological polar surface area (TPSA) is 72.5 Å². The van der Waals surface area contributed by atoms with Gasteiger partial charge in [0.15, 0.2) is 31.2 Å². The molecule has 0 N–H and O–H groups in total. The second kappa shape index (κ2) is 21.7. The largest absolute Gasteiger partial charge is 0.463 e. The molecule has 0 aromatic heterocycles. The van der Waals surface area contributed by atoms with Crippen LogP contribution in [0, 0.1) is 0 Å². The lowest BCUT2D eigenvalue weighted by Crippen LogP contribution is -2.66. The van der Waals surface area contributed by atoms with Gasteiger partial charge >= 0.3 is 5.97 Å². The van der Waals surface area contributed by atoms with E-state index in [2.05, 4.69) is 65.8 Å². The lowest BCUT2D eigenvalue weighted by Gasteiger charge is -2.50. The van der Waals surface area contributed by atoms with Gasteiger partial charge in [-0.2, -0.15) is 0 Å². The Morgan fingerprint density at radius 2 is 0.955 bits per heavy atom. The van der Waals surface area contributed by atoms with E-state index in [9.17, 15) is 4.79 Å². The fraction of sp³-hybridized carbons (Fsp3) is 0.971. The molecule has 5 atom stereocenters. The number of hydrogen-bond acceptors (Lipinski definition) is 7. The van der Waals surface area contributed by atoms with Gasteiger partial charge in [0.2, 0.25) is 0 Å². The van der Waals surface area contributed by atoms with Crippen LogP contribution in [0.5, 0.6) is 0 Å². The second-order valence-electron chi connectivity index (χ2n) is 15.7. The zero-order chi connectivity index (χ0) is 33.2. The van der Waals surface area contributed by atoms with E-state index in [1.54, 1.807) is 7.11 Å². The standard InChI is InChI=1S/C34H72O7Si3/c1-12-13-14-15-16-17-18-19-20-21-22-23-24-25-26-27-30(35)37-28-29-31(39-42(3,4)5)32(40-43(6,7)8)33(34(36-2)38-29)41-44(9,10)11/h29,31-34H,12-28H2,1-11H3/t29-,31-,32+,33-,34+/m1/s1. The predicted molar refractivity (Wildman–Crippen MR) is 191 cm³/mol. The summed E-state index contributed by atoms with van der Waals surface area (Å²) < 4.78 is 38.1. The molecule has 1 fully saturated rings. The first kappa shape index (κ1) is 41.9. The summed E-state index contributed by atoms with van der Waals surface area (Å²) in [6, 6.07) is 0. The maximum absolute atomic E-state index is 12.7. The van der Waals surface area contributed by atoms with Crippen LogP contribution >= 0.6 is 0 Å². The van der Waals surface area contributed by atoms with E-state index in [4.69, 9.17) is 27.5 Å². The molecule has 0 aromatic rings. The third-order valence-electron chi connectivity index (χ3n) is 7.69. The number of unbranched alkanes of at least 4 members (excludes halogenated alkanes) is 14. The van der Waals surface area contributed by atoms with Gasteiger partial charge in [-0.3, -0.25) is 4.79 Å². The number of esters is 1. The highest BCUT2D eigenvalue weighted by Gasteiger charge is 2.52. The molecule has 1 saturated heterocycles. The van der Waals surface area contributed by atoms with Gasteiger partial charge in [-0.05, 0) is 65.3 Å². The molecule has 1 aliphatic rings. The number of ether oxygens (including phenoxy) is 3. The van der Waals surface area contributed by atoms with E-state index in [0.29, 0.717) is 6.42 Å². The van der Waals surface area contributed by atoms with E-state index in [1.165, 1.54) is 83.5 Å². The van der Waals surface area contributed by atoms with E-state index < -0.39 is 49.6 Å². The molecule has 0 bridgehead atoms. The van der Waals surface area contributed by atoms with Gasteiger partial charge in [0.25, 0.3) is 0 Å². The number of carbonyl (C=O) groups excluding carboxylic acids is 1. The molecule has 10 heteroatoms. The molecule has 0 unspecified atom stereocenters. The molecule has 1 rings (SSSR count). The van der Waals surface area contributed by atoms with Crippen molar-refractivity contribution in [3.8, 4) is 0 Å². The summed E-state index contributed by atoms with van der Waals surface area (Å²) in [5, 5.41) is 0. The zero-order valence-electron chi connectivity index (χ0n) is 30.8. The van der Waals surface area contributed by atoms with Crippen LogP contribution in [0.4, 0.5) is 0 Å². The smallest absolute Gasteiger partial charge is 0.305 e. The Labute approximate surface area is 275 Å². The maximum Gasteiger partial charge on any atom is 0.305 e. The molecule has 1 heterocycles. The number of hydrogen-bond donors (Lipinski definition) is 0. The SMILES string of the molecule is CCCCCCCCCCCCCCCCCC(=O)OC[C@H]1O[C@H](OC)[C@H](O[Si](C)(C)C)[C@@H](O[Si](C)(C)C)[C@@H]1O[Si](C)(C)C. The number of methoxy groups -OCH3 is 1. The van der Waals surface area contributed by atoms with Crippen molar-refractivity contribution in [3.63, 3.8) is 0 Å². The summed E-state index contributed by atoms with van der Waals surface area (Å²) >= 11 is 0. The Kier molecular flexibility index (Phi) is 20.7.